The van der Waals surface area contributed by atoms with E-state index < -0.39 is 0 Å². The van der Waals surface area contributed by atoms with Gasteiger partial charge in [-0.3, -0.25) is 4.98 Å². The van der Waals surface area contributed by atoms with Crippen LogP contribution < -0.4 is 4.57 Å². The van der Waals surface area contributed by atoms with E-state index in [9.17, 15) is 0 Å². The number of rotatable bonds is 4. The summed E-state index contributed by atoms with van der Waals surface area (Å²) < 4.78 is 8.16. The molecule has 1 aliphatic heterocycles. The maximum atomic E-state index is 5.62. The summed E-state index contributed by atoms with van der Waals surface area (Å²) in [6.07, 6.45) is 14.5. The molecule has 0 amide bonds. The van der Waals surface area contributed by atoms with Crippen molar-refractivity contribution >= 4 is 21.5 Å². The SMILES string of the molecule is C=CC1C(CCOC)c2cc3cnccc3c3c2-c2c4c(cc(C(C)(C)C)cc4cc[n+]21)C31CCCC1. The molecule has 2 unspecified atom stereocenters. The van der Waals surface area contributed by atoms with Crippen molar-refractivity contribution in [1.82, 2.24) is 4.98 Å². The number of allylic oxidation sites excluding steroid dienone is 1. The average molecular weight is 490 g/mol. The molecule has 3 heterocycles. The zero-order chi connectivity index (χ0) is 25.5. The monoisotopic (exact) mass is 489 g/mol. The van der Waals surface area contributed by atoms with Gasteiger partial charge in [-0.15, -0.1) is 0 Å². The fourth-order valence-electron chi connectivity index (χ4n) is 7.91. The summed E-state index contributed by atoms with van der Waals surface area (Å²) in [7, 11) is 1.81. The summed E-state index contributed by atoms with van der Waals surface area (Å²) in [4.78, 5) is 4.57. The lowest BCUT2D eigenvalue weighted by Crippen LogP contribution is -2.49. The molecule has 2 aromatic heterocycles. The number of hydrogen-bond acceptors (Lipinski definition) is 2. The van der Waals surface area contributed by atoms with Crippen LogP contribution in [0.2, 0.25) is 0 Å². The number of benzene rings is 2. The number of ether oxygens (including phenoxy) is 1. The van der Waals surface area contributed by atoms with Crippen LogP contribution in [0.1, 0.15) is 87.1 Å². The van der Waals surface area contributed by atoms with Crippen LogP contribution in [0.5, 0.6) is 0 Å². The standard InChI is InChI=1S/C34H37N2O/c1-6-28-25(11-16-37-5)26-18-22-20-35-14-9-24(22)31-30(26)32-29-21(10-15-36(28)32)17-23(33(2,3)4)19-27(29)34(31)12-7-8-13-34/h6,9-10,14-15,17-20,25,28H,1,7-8,11-13,16H2,2-5H3/q+1. The first kappa shape index (κ1) is 23.1. The molecule has 0 N–H and O–H groups in total. The molecule has 2 aromatic carbocycles. The van der Waals surface area contributed by atoms with Gasteiger partial charge in [0, 0.05) is 43.0 Å². The second kappa shape index (κ2) is 7.98. The molecule has 1 spiro atoms. The minimum Gasteiger partial charge on any atom is -0.385 e. The predicted molar refractivity (Wildman–Crippen MR) is 151 cm³/mol. The highest BCUT2D eigenvalue weighted by Crippen LogP contribution is 2.60. The minimum absolute atomic E-state index is 0.0451. The second-order valence-electron chi connectivity index (χ2n) is 12.5. The Morgan fingerprint density at radius 3 is 2.68 bits per heavy atom. The van der Waals surface area contributed by atoms with E-state index in [0.717, 1.165) is 13.0 Å². The van der Waals surface area contributed by atoms with Crippen LogP contribution in [0, 0.1) is 0 Å². The van der Waals surface area contributed by atoms with E-state index in [1.165, 1.54) is 69.6 Å². The van der Waals surface area contributed by atoms with Gasteiger partial charge in [0.1, 0.15) is 0 Å². The van der Waals surface area contributed by atoms with Crippen LogP contribution >= 0.6 is 0 Å². The zero-order valence-corrected chi connectivity index (χ0v) is 22.6. The quantitative estimate of drug-likeness (QED) is 0.217. The second-order valence-corrected chi connectivity index (χ2v) is 12.5. The number of methoxy groups -OCH3 is 1. The maximum Gasteiger partial charge on any atom is 0.221 e. The predicted octanol–water partition coefficient (Wildman–Crippen LogP) is 7.67. The largest absolute Gasteiger partial charge is 0.385 e. The fourth-order valence-corrected chi connectivity index (χ4v) is 7.91. The molecule has 2 atom stereocenters. The van der Waals surface area contributed by atoms with Gasteiger partial charge in [-0.1, -0.05) is 52.3 Å². The van der Waals surface area contributed by atoms with Gasteiger partial charge in [-0.25, -0.2) is 0 Å². The van der Waals surface area contributed by atoms with Gasteiger partial charge in [0.2, 0.25) is 5.69 Å². The first-order chi connectivity index (χ1) is 17.9. The van der Waals surface area contributed by atoms with Crippen molar-refractivity contribution in [2.75, 3.05) is 13.7 Å². The number of nitrogens with zero attached hydrogens (tertiary/aromatic N) is 2. The summed E-state index contributed by atoms with van der Waals surface area (Å²) in [5, 5.41) is 5.50. The van der Waals surface area contributed by atoms with Crippen molar-refractivity contribution < 1.29 is 9.30 Å². The van der Waals surface area contributed by atoms with E-state index >= 15 is 0 Å². The number of pyridine rings is 2. The van der Waals surface area contributed by atoms with Crippen LogP contribution in [-0.4, -0.2) is 18.7 Å². The smallest absolute Gasteiger partial charge is 0.221 e. The summed E-state index contributed by atoms with van der Waals surface area (Å²) in [5.74, 6) is 0.319. The molecule has 1 fully saturated rings. The topological polar surface area (TPSA) is 26.0 Å². The summed E-state index contributed by atoms with van der Waals surface area (Å²) >= 11 is 0. The Morgan fingerprint density at radius 1 is 1.14 bits per heavy atom. The lowest BCUT2D eigenvalue weighted by molar-refractivity contribution is -0.706. The fraction of sp³-hybridized carbons (Fsp3) is 0.412. The molecule has 0 radical (unpaired) electrons. The van der Waals surface area contributed by atoms with Crippen LogP contribution in [0.4, 0.5) is 0 Å². The molecule has 3 nitrogen and oxygen atoms in total. The molecular weight excluding hydrogens is 452 g/mol. The van der Waals surface area contributed by atoms with E-state index in [0.29, 0.717) is 5.92 Å². The molecule has 3 aliphatic rings. The van der Waals surface area contributed by atoms with Crippen LogP contribution in [-0.2, 0) is 15.6 Å². The molecule has 0 bridgehead atoms. The van der Waals surface area contributed by atoms with Crippen molar-refractivity contribution in [3.8, 4) is 11.3 Å². The van der Waals surface area contributed by atoms with E-state index in [-0.39, 0.29) is 16.9 Å². The first-order valence-electron chi connectivity index (χ1n) is 13.9. The van der Waals surface area contributed by atoms with Crippen molar-refractivity contribution in [3.05, 3.63) is 83.8 Å². The van der Waals surface area contributed by atoms with Crippen LogP contribution in [0.3, 0.4) is 0 Å². The molecule has 7 rings (SSSR count). The van der Waals surface area contributed by atoms with Crippen LogP contribution in [0.15, 0.2) is 61.6 Å². The third-order valence-electron chi connectivity index (χ3n) is 9.61. The highest BCUT2D eigenvalue weighted by molar-refractivity contribution is 6.06. The Kier molecular flexibility index (Phi) is 4.98. The van der Waals surface area contributed by atoms with Gasteiger partial charge < -0.3 is 4.74 Å². The molecule has 37 heavy (non-hydrogen) atoms. The van der Waals surface area contributed by atoms with E-state index in [2.05, 4.69) is 85.7 Å². The Morgan fingerprint density at radius 2 is 1.95 bits per heavy atom. The highest BCUT2D eigenvalue weighted by atomic mass is 16.5. The third-order valence-corrected chi connectivity index (χ3v) is 9.61. The normalized spacial score (nSPS) is 21.2. The molecule has 188 valence electrons. The highest BCUT2D eigenvalue weighted by Gasteiger charge is 2.51. The zero-order valence-electron chi connectivity index (χ0n) is 22.6. The Balaban J connectivity index is 1.71. The van der Waals surface area contributed by atoms with Gasteiger partial charge >= 0.3 is 0 Å². The summed E-state index contributed by atoms with van der Waals surface area (Å²) in [6, 6.07) is 12.3. The molecule has 3 heteroatoms. The Labute approximate surface area is 220 Å². The molecular formula is C34H37N2O+. The van der Waals surface area contributed by atoms with Crippen molar-refractivity contribution in [1.29, 1.82) is 0 Å². The summed E-state index contributed by atoms with van der Waals surface area (Å²) in [6.45, 7) is 12.1. The van der Waals surface area contributed by atoms with Crippen molar-refractivity contribution in [2.24, 2.45) is 0 Å². The Hall–Kier alpha value is -3.04. The average Bonchev–Trinajstić information content (AvgIpc) is 3.38. The van der Waals surface area contributed by atoms with E-state index in [4.69, 9.17) is 4.74 Å². The third kappa shape index (κ3) is 3.04. The van der Waals surface area contributed by atoms with Crippen molar-refractivity contribution in [2.45, 2.75) is 75.7 Å². The lowest BCUT2D eigenvalue weighted by Gasteiger charge is -2.42. The van der Waals surface area contributed by atoms with Crippen molar-refractivity contribution in [3.63, 3.8) is 0 Å². The maximum absolute atomic E-state index is 5.62. The van der Waals surface area contributed by atoms with E-state index in [1.807, 2.05) is 13.3 Å². The number of hydrogen-bond donors (Lipinski definition) is 0. The number of fused-ring (bicyclic) bond motifs is 4. The van der Waals surface area contributed by atoms with Gasteiger partial charge in [-0.2, -0.15) is 4.57 Å². The lowest BCUT2D eigenvalue weighted by atomic mass is 9.61. The molecule has 1 saturated carbocycles. The van der Waals surface area contributed by atoms with Gasteiger partial charge in [0.15, 0.2) is 12.2 Å². The molecule has 4 aromatic rings. The minimum atomic E-state index is 0.0451. The van der Waals surface area contributed by atoms with Gasteiger partial charge in [0.05, 0.1) is 16.9 Å². The first-order valence-corrected chi connectivity index (χ1v) is 13.9. The molecule has 0 saturated heterocycles. The summed E-state index contributed by atoms with van der Waals surface area (Å²) in [5.41, 5.74) is 9.03. The molecule has 2 aliphatic carbocycles. The van der Waals surface area contributed by atoms with Gasteiger partial charge in [0.25, 0.3) is 0 Å². The van der Waals surface area contributed by atoms with Gasteiger partial charge in [-0.05, 0) is 75.9 Å². The van der Waals surface area contributed by atoms with E-state index in [1.54, 1.807) is 11.1 Å². The Bertz CT molecular complexity index is 1590. The van der Waals surface area contributed by atoms with Crippen LogP contribution in [0.25, 0.3) is 32.8 Å². The number of aromatic nitrogens is 2.